The molecule has 0 radical (unpaired) electrons. The van der Waals surface area contributed by atoms with Gasteiger partial charge in [-0.1, -0.05) is 6.92 Å². The third kappa shape index (κ3) is 3.84. The summed E-state index contributed by atoms with van der Waals surface area (Å²) in [5, 5.41) is 8.69. The monoisotopic (exact) mass is 517 g/mol. The Morgan fingerprint density at radius 1 is 1.24 bits per heavy atom. The zero-order chi connectivity index (χ0) is 26.4. The number of amides is 1. The summed E-state index contributed by atoms with van der Waals surface area (Å²) in [6.07, 6.45) is -3.31. The van der Waals surface area contributed by atoms with Crippen LogP contribution in [-0.2, 0) is 11.0 Å². The fourth-order valence-corrected chi connectivity index (χ4v) is 6.07. The van der Waals surface area contributed by atoms with Gasteiger partial charge < -0.3 is 16.8 Å². The molecule has 2 saturated carbocycles. The highest BCUT2D eigenvalue weighted by Gasteiger charge is 2.56. The van der Waals surface area contributed by atoms with Crippen LogP contribution in [0, 0.1) is 24.6 Å². The van der Waals surface area contributed by atoms with Crippen molar-refractivity contribution < 1.29 is 22.4 Å². The first-order valence-electron chi connectivity index (χ1n) is 12.4. The molecule has 3 aliphatic rings. The number of hydrogen-bond acceptors (Lipinski definition) is 6. The van der Waals surface area contributed by atoms with E-state index >= 15 is 4.39 Å². The number of primary amides is 1. The molecule has 196 valence electrons. The summed E-state index contributed by atoms with van der Waals surface area (Å²) >= 11 is 0. The number of nitrogens with zero attached hydrogens (tertiary/aromatic N) is 4. The second-order valence-corrected chi connectivity index (χ2v) is 10.6. The van der Waals surface area contributed by atoms with E-state index in [9.17, 15) is 18.0 Å². The molecule has 1 amide bonds. The zero-order valence-corrected chi connectivity index (χ0v) is 20.4. The van der Waals surface area contributed by atoms with Crippen LogP contribution in [-0.4, -0.2) is 38.7 Å². The van der Waals surface area contributed by atoms with Crippen LogP contribution in [0.2, 0.25) is 0 Å². The lowest BCUT2D eigenvalue weighted by atomic mass is 9.94. The van der Waals surface area contributed by atoms with E-state index in [1.54, 1.807) is 11.6 Å². The molecule has 0 aromatic carbocycles. The van der Waals surface area contributed by atoms with Crippen LogP contribution in [0.15, 0.2) is 6.07 Å². The van der Waals surface area contributed by atoms with Crippen LogP contribution in [0.5, 0.6) is 0 Å². The summed E-state index contributed by atoms with van der Waals surface area (Å²) in [4.78, 5) is 20.1. The van der Waals surface area contributed by atoms with Gasteiger partial charge in [0.25, 0.3) is 0 Å². The summed E-state index contributed by atoms with van der Waals surface area (Å²) in [5.41, 5.74) is 10.0. The lowest BCUT2D eigenvalue weighted by Gasteiger charge is -2.19. The van der Waals surface area contributed by atoms with Gasteiger partial charge in [-0.15, -0.1) is 0 Å². The zero-order valence-electron chi connectivity index (χ0n) is 20.4. The Kier molecular flexibility index (Phi) is 5.28. The normalized spacial score (nSPS) is 23.9. The SMILES string of the molecule is Cc1nc(N)cc(-c2nc(C(C)CC(N)=O)c3c(C4[C@H]5CNC[C@@H]45)nn(C4CC4)c3c2F)c1C(F)(F)F. The number of fused-ring (bicyclic) bond motifs is 2. The van der Waals surface area contributed by atoms with Gasteiger partial charge in [0.05, 0.1) is 28.7 Å². The molecule has 4 atom stereocenters. The summed E-state index contributed by atoms with van der Waals surface area (Å²) in [5.74, 6) is -1.36. The third-order valence-electron chi connectivity index (χ3n) is 7.87. The fraction of sp³-hybridized carbons (Fsp3) is 0.520. The largest absolute Gasteiger partial charge is 0.418 e. The van der Waals surface area contributed by atoms with Crippen LogP contribution < -0.4 is 16.8 Å². The van der Waals surface area contributed by atoms with Crippen molar-refractivity contribution >= 4 is 22.6 Å². The predicted molar refractivity (Wildman–Crippen MR) is 128 cm³/mol. The topological polar surface area (TPSA) is 125 Å². The molecular weight excluding hydrogens is 490 g/mol. The van der Waals surface area contributed by atoms with Crippen LogP contribution >= 0.6 is 0 Å². The highest BCUT2D eigenvalue weighted by molar-refractivity contribution is 5.91. The Morgan fingerprint density at radius 3 is 2.51 bits per heavy atom. The maximum absolute atomic E-state index is 16.5. The first-order valence-corrected chi connectivity index (χ1v) is 12.4. The van der Waals surface area contributed by atoms with E-state index in [1.807, 2.05) is 0 Å². The minimum absolute atomic E-state index is 0.0386. The van der Waals surface area contributed by atoms with Gasteiger partial charge in [0.1, 0.15) is 17.0 Å². The molecule has 1 aliphatic heterocycles. The second kappa shape index (κ2) is 8.11. The minimum Gasteiger partial charge on any atom is -0.384 e. The Hall–Kier alpha value is -3.28. The number of piperidine rings is 1. The van der Waals surface area contributed by atoms with Gasteiger partial charge in [-0.05, 0) is 50.8 Å². The molecule has 3 aromatic heterocycles. The van der Waals surface area contributed by atoms with Crippen LogP contribution in [0.4, 0.5) is 23.4 Å². The van der Waals surface area contributed by atoms with E-state index in [0.29, 0.717) is 28.6 Å². The van der Waals surface area contributed by atoms with Gasteiger partial charge in [-0.3, -0.25) is 9.48 Å². The first-order chi connectivity index (χ1) is 17.5. The number of aryl methyl sites for hydroxylation is 1. The van der Waals surface area contributed by atoms with Crippen molar-refractivity contribution in [2.75, 3.05) is 18.8 Å². The second-order valence-electron chi connectivity index (χ2n) is 10.6. The average molecular weight is 518 g/mol. The number of nitrogen functional groups attached to an aromatic ring is 1. The molecule has 6 rings (SSSR count). The number of hydrogen-bond donors (Lipinski definition) is 3. The van der Waals surface area contributed by atoms with Crippen molar-refractivity contribution in [1.82, 2.24) is 25.1 Å². The molecule has 3 fully saturated rings. The van der Waals surface area contributed by atoms with Gasteiger partial charge in [0.15, 0.2) is 5.82 Å². The maximum atomic E-state index is 16.5. The predicted octanol–water partition coefficient (Wildman–Crippen LogP) is 3.79. The maximum Gasteiger partial charge on any atom is 0.418 e. The molecule has 3 aromatic rings. The highest BCUT2D eigenvalue weighted by atomic mass is 19.4. The van der Waals surface area contributed by atoms with Crippen LogP contribution in [0.3, 0.4) is 0 Å². The fourth-order valence-electron chi connectivity index (χ4n) is 6.07. The van der Waals surface area contributed by atoms with Crippen molar-refractivity contribution in [2.45, 2.75) is 57.2 Å². The molecule has 0 bridgehead atoms. The number of aromatic nitrogens is 4. The molecule has 1 saturated heterocycles. The number of alkyl halides is 3. The summed E-state index contributed by atoms with van der Waals surface area (Å²) in [6, 6.07) is 0.967. The molecular formula is C25H27F4N7O. The number of rotatable bonds is 6. The van der Waals surface area contributed by atoms with Crippen molar-refractivity contribution in [3.63, 3.8) is 0 Å². The number of nitrogens with two attached hydrogens (primary N) is 2. The molecule has 2 aliphatic carbocycles. The summed E-state index contributed by atoms with van der Waals surface area (Å²) < 4.78 is 60.6. The van der Waals surface area contributed by atoms with Gasteiger partial charge in [-0.25, -0.2) is 14.4 Å². The minimum atomic E-state index is -4.82. The van der Waals surface area contributed by atoms with E-state index < -0.39 is 40.6 Å². The van der Waals surface area contributed by atoms with E-state index in [2.05, 4.69) is 15.3 Å². The number of anilines is 1. The quantitative estimate of drug-likeness (QED) is 0.428. The molecule has 0 spiro atoms. The van der Waals surface area contributed by atoms with Crippen molar-refractivity contribution in [2.24, 2.45) is 17.6 Å². The smallest absolute Gasteiger partial charge is 0.384 e. The Bertz CT molecular complexity index is 1440. The van der Waals surface area contributed by atoms with Gasteiger partial charge in [0.2, 0.25) is 5.91 Å². The molecule has 5 N–H and O–H groups in total. The lowest BCUT2D eigenvalue weighted by molar-refractivity contribution is -0.137. The molecule has 2 unspecified atom stereocenters. The summed E-state index contributed by atoms with van der Waals surface area (Å²) in [6.45, 7) is 4.57. The number of halogens is 4. The first kappa shape index (κ1) is 24.1. The number of carbonyl (C=O) groups excluding carboxylic acids is 1. The van der Waals surface area contributed by atoms with E-state index in [1.165, 1.54) is 6.92 Å². The standard InChI is InChI=1S/C25H27F4N7O/c1-9(5-16(31)37)21-18-23(17-13-7-32-8-14(13)17)35-36(11-3-4-11)24(18)20(26)22(34-21)12-6-15(30)33-10(2)19(12)25(27,28)29/h6,9,11,13-14,17,32H,3-5,7-8H2,1-2H3,(H2,30,33)(H2,31,37)/t9?,13-,14+,17?. The number of nitrogens with one attached hydrogen (secondary N) is 1. The van der Waals surface area contributed by atoms with Gasteiger partial charge >= 0.3 is 6.18 Å². The van der Waals surface area contributed by atoms with Gasteiger partial charge in [-0.2, -0.15) is 18.3 Å². The van der Waals surface area contributed by atoms with Crippen LogP contribution in [0.25, 0.3) is 22.2 Å². The number of pyridine rings is 2. The third-order valence-corrected chi connectivity index (χ3v) is 7.87. The highest BCUT2D eigenvalue weighted by Crippen LogP contribution is 2.58. The lowest BCUT2D eigenvalue weighted by Crippen LogP contribution is -2.17. The van der Waals surface area contributed by atoms with Crippen molar-refractivity contribution in [1.29, 1.82) is 0 Å². The van der Waals surface area contributed by atoms with Gasteiger partial charge in [0, 0.05) is 29.2 Å². The molecule has 8 nitrogen and oxygen atoms in total. The van der Waals surface area contributed by atoms with Crippen molar-refractivity contribution in [3.8, 4) is 11.3 Å². The van der Waals surface area contributed by atoms with E-state index in [-0.39, 0.29) is 35.4 Å². The Morgan fingerprint density at radius 2 is 1.92 bits per heavy atom. The average Bonchev–Trinajstić information content (AvgIpc) is 3.66. The summed E-state index contributed by atoms with van der Waals surface area (Å²) in [7, 11) is 0. The molecule has 12 heteroatoms. The van der Waals surface area contributed by atoms with E-state index in [0.717, 1.165) is 32.0 Å². The number of carbonyl (C=O) groups is 1. The Balaban J connectivity index is 1.67. The van der Waals surface area contributed by atoms with Crippen LogP contribution in [0.1, 0.15) is 66.7 Å². The van der Waals surface area contributed by atoms with E-state index in [4.69, 9.17) is 16.6 Å². The molecule has 4 heterocycles. The van der Waals surface area contributed by atoms with Crippen molar-refractivity contribution in [3.05, 3.63) is 34.5 Å². The molecule has 37 heavy (non-hydrogen) atoms. The Labute approximate surface area is 209 Å².